The SMILES string of the molecule is CC(OC(=O)C1CCN(C(=O)c2cccs2)CC1)c1cc(F)ccc1F. The molecule has 0 saturated carbocycles. The van der Waals surface area contributed by atoms with Crippen LogP contribution < -0.4 is 0 Å². The number of halogens is 2. The number of hydrogen-bond acceptors (Lipinski definition) is 4. The number of carbonyl (C=O) groups excluding carboxylic acids is 2. The third-order valence-corrected chi connectivity index (χ3v) is 5.39. The van der Waals surface area contributed by atoms with Gasteiger partial charge in [0.25, 0.3) is 5.91 Å². The summed E-state index contributed by atoms with van der Waals surface area (Å²) >= 11 is 1.39. The number of esters is 1. The molecule has 7 heteroatoms. The molecule has 4 nitrogen and oxygen atoms in total. The van der Waals surface area contributed by atoms with Crippen molar-refractivity contribution in [3.8, 4) is 0 Å². The third kappa shape index (κ3) is 4.09. The van der Waals surface area contributed by atoms with E-state index in [1.54, 1.807) is 11.0 Å². The number of nitrogens with zero attached hydrogens (tertiary/aromatic N) is 1. The van der Waals surface area contributed by atoms with Gasteiger partial charge < -0.3 is 9.64 Å². The molecule has 1 aliphatic heterocycles. The number of piperidine rings is 1. The largest absolute Gasteiger partial charge is 0.457 e. The highest BCUT2D eigenvalue weighted by Crippen LogP contribution is 2.26. The lowest BCUT2D eigenvalue weighted by Crippen LogP contribution is -2.40. The molecular weight excluding hydrogens is 360 g/mol. The van der Waals surface area contributed by atoms with Crippen LogP contribution >= 0.6 is 11.3 Å². The zero-order chi connectivity index (χ0) is 18.7. The Morgan fingerprint density at radius 2 is 1.96 bits per heavy atom. The van der Waals surface area contributed by atoms with Crippen LogP contribution in [-0.2, 0) is 9.53 Å². The molecule has 1 saturated heterocycles. The smallest absolute Gasteiger partial charge is 0.309 e. The highest BCUT2D eigenvalue weighted by molar-refractivity contribution is 7.12. The monoisotopic (exact) mass is 379 g/mol. The standard InChI is InChI=1S/C19H19F2NO3S/c1-12(15-11-14(20)4-5-16(15)21)25-19(24)13-6-8-22(9-7-13)18(23)17-3-2-10-26-17/h2-5,10-13H,6-9H2,1H3. The van der Waals surface area contributed by atoms with Crippen LogP contribution in [0.3, 0.4) is 0 Å². The lowest BCUT2D eigenvalue weighted by molar-refractivity contribution is -0.155. The Hall–Kier alpha value is -2.28. The van der Waals surface area contributed by atoms with Crippen molar-refractivity contribution in [3.63, 3.8) is 0 Å². The normalized spacial score (nSPS) is 16.3. The van der Waals surface area contributed by atoms with Crippen LogP contribution in [-0.4, -0.2) is 29.9 Å². The summed E-state index contributed by atoms with van der Waals surface area (Å²) < 4.78 is 32.4. The average Bonchev–Trinajstić information content (AvgIpc) is 3.17. The Bertz CT molecular complexity index is 786. The van der Waals surface area contributed by atoms with E-state index in [9.17, 15) is 18.4 Å². The Morgan fingerprint density at radius 1 is 1.23 bits per heavy atom. The van der Waals surface area contributed by atoms with Crippen molar-refractivity contribution < 1.29 is 23.1 Å². The van der Waals surface area contributed by atoms with E-state index < -0.39 is 23.7 Å². The van der Waals surface area contributed by atoms with Crippen LogP contribution in [0.4, 0.5) is 8.78 Å². The number of thiophene rings is 1. The molecule has 26 heavy (non-hydrogen) atoms. The van der Waals surface area contributed by atoms with Crippen molar-refractivity contribution in [1.29, 1.82) is 0 Å². The van der Waals surface area contributed by atoms with Crippen LogP contribution in [0.1, 0.15) is 41.1 Å². The first-order valence-corrected chi connectivity index (χ1v) is 9.32. The minimum absolute atomic E-state index is 0.0173. The Morgan fingerprint density at radius 3 is 2.62 bits per heavy atom. The highest BCUT2D eigenvalue weighted by Gasteiger charge is 2.30. The van der Waals surface area contributed by atoms with Crippen molar-refractivity contribution in [2.45, 2.75) is 25.9 Å². The maximum atomic E-state index is 13.8. The van der Waals surface area contributed by atoms with Crippen LogP contribution in [0.5, 0.6) is 0 Å². The van der Waals surface area contributed by atoms with E-state index in [-0.39, 0.29) is 17.4 Å². The van der Waals surface area contributed by atoms with Crippen LogP contribution in [0, 0.1) is 17.6 Å². The molecule has 1 fully saturated rings. The van der Waals surface area contributed by atoms with E-state index in [2.05, 4.69) is 0 Å². The first-order chi connectivity index (χ1) is 12.5. The summed E-state index contributed by atoms with van der Waals surface area (Å²) in [5.41, 5.74) is 0.0173. The fourth-order valence-corrected chi connectivity index (χ4v) is 3.73. The van der Waals surface area contributed by atoms with Gasteiger partial charge in [-0.15, -0.1) is 11.3 Å². The predicted molar refractivity (Wildman–Crippen MR) is 93.8 cm³/mol. The van der Waals surface area contributed by atoms with E-state index in [1.165, 1.54) is 18.3 Å². The molecule has 1 aliphatic rings. The van der Waals surface area contributed by atoms with E-state index in [1.807, 2.05) is 11.4 Å². The highest BCUT2D eigenvalue weighted by atomic mass is 32.1. The lowest BCUT2D eigenvalue weighted by atomic mass is 9.96. The number of carbonyl (C=O) groups is 2. The summed E-state index contributed by atoms with van der Waals surface area (Å²) in [5, 5.41) is 1.85. The molecule has 2 aromatic rings. The fourth-order valence-electron chi connectivity index (χ4n) is 3.03. The Labute approximate surface area is 154 Å². The molecule has 0 N–H and O–H groups in total. The number of hydrogen-bond donors (Lipinski definition) is 0. The summed E-state index contributed by atoms with van der Waals surface area (Å²) in [6.07, 6.45) is 0.117. The zero-order valence-corrected chi connectivity index (χ0v) is 15.1. The molecule has 1 atom stereocenters. The summed E-state index contributed by atoms with van der Waals surface area (Å²) in [4.78, 5) is 27.1. The van der Waals surface area contributed by atoms with Gasteiger partial charge in [0.2, 0.25) is 0 Å². The molecular formula is C19H19F2NO3S. The van der Waals surface area contributed by atoms with Crippen molar-refractivity contribution >= 4 is 23.2 Å². The number of rotatable bonds is 4. The maximum Gasteiger partial charge on any atom is 0.309 e. The fraction of sp³-hybridized carbons (Fsp3) is 0.368. The second kappa shape index (κ2) is 7.95. The number of amides is 1. The molecule has 1 aromatic carbocycles. The topological polar surface area (TPSA) is 46.6 Å². The van der Waals surface area contributed by atoms with E-state index >= 15 is 0 Å². The van der Waals surface area contributed by atoms with Gasteiger partial charge in [0.05, 0.1) is 10.8 Å². The van der Waals surface area contributed by atoms with Gasteiger partial charge in [0.1, 0.15) is 17.7 Å². The van der Waals surface area contributed by atoms with Gasteiger partial charge in [-0.3, -0.25) is 9.59 Å². The van der Waals surface area contributed by atoms with Crippen molar-refractivity contribution in [2.24, 2.45) is 5.92 Å². The van der Waals surface area contributed by atoms with Gasteiger partial charge in [-0.25, -0.2) is 8.78 Å². The zero-order valence-electron chi connectivity index (χ0n) is 14.3. The van der Waals surface area contributed by atoms with Gasteiger partial charge in [-0.1, -0.05) is 6.07 Å². The maximum absolute atomic E-state index is 13.8. The molecule has 138 valence electrons. The predicted octanol–water partition coefficient (Wildman–Crippen LogP) is 4.18. The van der Waals surface area contributed by atoms with Crippen molar-refractivity contribution in [2.75, 3.05) is 13.1 Å². The molecule has 3 rings (SSSR count). The molecule has 1 amide bonds. The van der Waals surface area contributed by atoms with E-state index in [0.717, 1.165) is 18.2 Å². The summed E-state index contributed by atoms with van der Waals surface area (Å²) in [7, 11) is 0. The molecule has 1 aromatic heterocycles. The van der Waals surface area contributed by atoms with E-state index in [0.29, 0.717) is 30.8 Å². The molecule has 0 aliphatic carbocycles. The summed E-state index contributed by atoms with van der Waals surface area (Å²) in [6.45, 7) is 2.46. The average molecular weight is 379 g/mol. The van der Waals surface area contributed by atoms with Crippen LogP contribution in [0.2, 0.25) is 0 Å². The van der Waals surface area contributed by atoms with E-state index in [4.69, 9.17) is 4.74 Å². The minimum Gasteiger partial charge on any atom is -0.457 e. The molecule has 0 spiro atoms. The number of benzene rings is 1. The van der Waals surface area contributed by atoms with Crippen molar-refractivity contribution in [1.82, 2.24) is 4.90 Å². The summed E-state index contributed by atoms with van der Waals surface area (Å²) in [6, 6.07) is 6.68. The first kappa shape index (κ1) is 18.5. The lowest BCUT2D eigenvalue weighted by Gasteiger charge is -2.31. The molecule has 2 heterocycles. The number of ether oxygens (including phenoxy) is 1. The van der Waals surface area contributed by atoms with Crippen molar-refractivity contribution in [3.05, 3.63) is 57.8 Å². The minimum atomic E-state index is -0.871. The third-order valence-electron chi connectivity index (χ3n) is 4.54. The second-order valence-electron chi connectivity index (χ2n) is 6.29. The molecule has 0 radical (unpaired) electrons. The van der Waals surface area contributed by atoms with Gasteiger partial charge in [0.15, 0.2) is 0 Å². The van der Waals surface area contributed by atoms with Crippen LogP contribution in [0.15, 0.2) is 35.7 Å². The first-order valence-electron chi connectivity index (χ1n) is 8.44. The quantitative estimate of drug-likeness (QED) is 0.749. The van der Waals surface area contributed by atoms with Gasteiger partial charge >= 0.3 is 5.97 Å². The summed E-state index contributed by atoms with van der Waals surface area (Å²) in [5.74, 6) is -2.00. The molecule has 0 bridgehead atoms. The van der Waals surface area contributed by atoms with Crippen LogP contribution in [0.25, 0.3) is 0 Å². The second-order valence-corrected chi connectivity index (χ2v) is 7.24. The van der Waals surface area contributed by atoms with Gasteiger partial charge in [0, 0.05) is 18.7 Å². The number of likely N-dealkylation sites (tertiary alicyclic amines) is 1. The van der Waals surface area contributed by atoms with Gasteiger partial charge in [-0.2, -0.15) is 0 Å². The van der Waals surface area contributed by atoms with Gasteiger partial charge in [-0.05, 0) is 49.4 Å². The Balaban J connectivity index is 1.55. The Kier molecular flexibility index (Phi) is 5.66. The molecule has 1 unspecified atom stereocenters.